The quantitative estimate of drug-likeness (QED) is 0.491. The molecule has 0 unspecified atom stereocenters. The van der Waals surface area contributed by atoms with E-state index in [-0.39, 0.29) is 17.6 Å². The third-order valence-corrected chi connectivity index (χ3v) is 5.94. The smallest absolute Gasteiger partial charge is 0.373 e. The molecular formula is C19H21N5O4S. The highest BCUT2D eigenvalue weighted by Crippen LogP contribution is 2.33. The topological polar surface area (TPSA) is 102 Å². The summed E-state index contributed by atoms with van der Waals surface area (Å²) < 4.78 is 6.64. The average Bonchev–Trinajstić information content (AvgIpc) is 3.33. The van der Waals surface area contributed by atoms with Gasteiger partial charge in [-0.1, -0.05) is 23.5 Å². The monoisotopic (exact) mass is 415 g/mol. The largest absolute Gasteiger partial charge is 0.497 e. The lowest BCUT2D eigenvalue weighted by atomic mass is 9.96. The van der Waals surface area contributed by atoms with Crippen LogP contribution in [0.2, 0.25) is 0 Å². The molecule has 1 fully saturated rings. The summed E-state index contributed by atoms with van der Waals surface area (Å²) in [5.41, 5.74) is 1.00. The number of fused-ring (bicyclic) bond motifs is 1. The Kier molecular flexibility index (Phi) is 5.34. The van der Waals surface area contributed by atoms with Crippen LogP contribution in [-0.4, -0.2) is 40.4 Å². The van der Waals surface area contributed by atoms with Gasteiger partial charge in [0.2, 0.25) is 11.7 Å². The Morgan fingerprint density at radius 2 is 2.07 bits per heavy atom. The normalized spacial score (nSPS) is 14.9. The Labute approximate surface area is 171 Å². The number of methoxy groups -OCH3 is 1. The Morgan fingerprint density at radius 1 is 1.34 bits per heavy atom. The first-order valence-electron chi connectivity index (χ1n) is 9.32. The zero-order valence-corrected chi connectivity index (χ0v) is 16.7. The molecule has 0 bridgehead atoms. The highest BCUT2D eigenvalue weighted by molar-refractivity contribution is 7.15. The SMILES string of the molecule is COc1ccc(CNC(=O)C2CCN(c3nc4sccn4c3[N+](=O)[O-])CC2)cc1. The summed E-state index contributed by atoms with van der Waals surface area (Å²) in [5.74, 6) is 1.07. The number of hydrogen-bond donors (Lipinski definition) is 1. The molecule has 3 heterocycles. The van der Waals surface area contributed by atoms with Gasteiger partial charge in [-0.15, -0.1) is 0 Å². The molecule has 1 aromatic carbocycles. The molecule has 0 atom stereocenters. The van der Waals surface area contributed by atoms with E-state index in [1.807, 2.05) is 29.2 Å². The molecule has 1 aliphatic heterocycles. The predicted octanol–water partition coefficient (Wildman–Crippen LogP) is 2.85. The zero-order chi connectivity index (χ0) is 20.4. The van der Waals surface area contributed by atoms with Gasteiger partial charge in [0, 0.05) is 30.9 Å². The third kappa shape index (κ3) is 3.88. The minimum atomic E-state index is -0.393. The van der Waals surface area contributed by atoms with Gasteiger partial charge >= 0.3 is 5.82 Å². The molecule has 1 saturated heterocycles. The number of carbonyl (C=O) groups excluding carboxylic acids is 1. The van der Waals surface area contributed by atoms with Crippen LogP contribution in [0.5, 0.6) is 5.75 Å². The maximum atomic E-state index is 12.5. The predicted molar refractivity (Wildman–Crippen MR) is 110 cm³/mol. The number of piperidine rings is 1. The number of amides is 1. The van der Waals surface area contributed by atoms with Gasteiger partial charge < -0.3 is 25.1 Å². The van der Waals surface area contributed by atoms with E-state index in [0.717, 1.165) is 11.3 Å². The van der Waals surface area contributed by atoms with Crippen LogP contribution < -0.4 is 15.0 Å². The molecule has 4 rings (SSSR count). The molecule has 0 aliphatic carbocycles. The molecule has 9 nitrogen and oxygen atoms in total. The van der Waals surface area contributed by atoms with Crippen LogP contribution in [0, 0.1) is 16.0 Å². The molecule has 152 valence electrons. The number of nitro groups is 1. The second-order valence-corrected chi connectivity index (χ2v) is 7.77. The third-order valence-electron chi connectivity index (χ3n) is 5.18. The van der Waals surface area contributed by atoms with Gasteiger partial charge in [0.25, 0.3) is 4.96 Å². The first-order chi connectivity index (χ1) is 14.1. The van der Waals surface area contributed by atoms with Crippen LogP contribution >= 0.6 is 11.3 Å². The first kappa shape index (κ1) is 19.2. The van der Waals surface area contributed by atoms with Crippen molar-refractivity contribution in [3.63, 3.8) is 0 Å². The van der Waals surface area contributed by atoms with Crippen LogP contribution in [0.15, 0.2) is 35.8 Å². The number of benzene rings is 1. The van der Waals surface area contributed by atoms with Gasteiger partial charge in [-0.05, 0) is 35.5 Å². The minimum Gasteiger partial charge on any atom is -0.497 e. The van der Waals surface area contributed by atoms with Crippen molar-refractivity contribution in [1.29, 1.82) is 0 Å². The fourth-order valence-corrected chi connectivity index (χ4v) is 4.28. The van der Waals surface area contributed by atoms with Gasteiger partial charge in [-0.3, -0.25) is 4.79 Å². The molecule has 10 heteroatoms. The van der Waals surface area contributed by atoms with Crippen LogP contribution in [-0.2, 0) is 11.3 Å². The molecule has 0 radical (unpaired) electrons. The van der Waals surface area contributed by atoms with Crippen LogP contribution in [0.4, 0.5) is 11.6 Å². The van der Waals surface area contributed by atoms with Crippen molar-refractivity contribution in [3.8, 4) is 5.75 Å². The number of thiazole rings is 1. The lowest BCUT2D eigenvalue weighted by Gasteiger charge is -2.31. The van der Waals surface area contributed by atoms with Gasteiger partial charge in [0.15, 0.2) is 0 Å². The summed E-state index contributed by atoms with van der Waals surface area (Å²) in [6.45, 7) is 1.59. The van der Waals surface area contributed by atoms with Gasteiger partial charge in [0.1, 0.15) is 11.9 Å². The molecule has 3 aromatic rings. The van der Waals surface area contributed by atoms with Gasteiger partial charge in [-0.25, -0.2) is 0 Å². The maximum absolute atomic E-state index is 12.5. The lowest BCUT2D eigenvalue weighted by molar-refractivity contribution is -0.389. The van der Waals surface area contributed by atoms with Crippen molar-refractivity contribution in [2.45, 2.75) is 19.4 Å². The molecule has 1 aliphatic rings. The summed E-state index contributed by atoms with van der Waals surface area (Å²) in [7, 11) is 1.62. The summed E-state index contributed by atoms with van der Waals surface area (Å²) in [6.07, 6.45) is 2.93. The van der Waals surface area contributed by atoms with Gasteiger partial charge in [0.05, 0.1) is 7.11 Å². The van der Waals surface area contributed by atoms with Crippen molar-refractivity contribution < 1.29 is 14.5 Å². The van der Waals surface area contributed by atoms with Crippen molar-refractivity contribution in [2.75, 3.05) is 25.1 Å². The number of rotatable bonds is 6. The fourth-order valence-electron chi connectivity index (χ4n) is 3.57. The van der Waals surface area contributed by atoms with Crippen LogP contribution in [0.1, 0.15) is 18.4 Å². The number of imidazole rings is 1. The van der Waals surface area contributed by atoms with Crippen LogP contribution in [0.25, 0.3) is 4.96 Å². The van der Waals surface area contributed by atoms with E-state index >= 15 is 0 Å². The highest BCUT2D eigenvalue weighted by atomic mass is 32.1. The summed E-state index contributed by atoms with van der Waals surface area (Å²) >= 11 is 1.36. The second kappa shape index (κ2) is 8.08. The summed E-state index contributed by atoms with van der Waals surface area (Å²) in [4.78, 5) is 30.6. The molecule has 29 heavy (non-hydrogen) atoms. The van der Waals surface area contributed by atoms with E-state index in [9.17, 15) is 14.9 Å². The number of hydrogen-bond acceptors (Lipinski definition) is 7. The van der Waals surface area contributed by atoms with Gasteiger partial charge in [-0.2, -0.15) is 9.38 Å². The molecule has 1 N–H and O–H groups in total. The number of nitrogens with one attached hydrogen (secondary N) is 1. The highest BCUT2D eigenvalue weighted by Gasteiger charge is 2.32. The van der Waals surface area contributed by atoms with Crippen molar-refractivity contribution in [1.82, 2.24) is 14.7 Å². The molecular weight excluding hydrogens is 394 g/mol. The number of aromatic nitrogens is 2. The summed E-state index contributed by atoms with van der Waals surface area (Å²) in [6, 6.07) is 7.57. The number of nitrogens with zero attached hydrogens (tertiary/aromatic N) is 4. The van der Waals surface area contributed by atoms with E-state index in [0.29, 0.717) is 43.3 Å². The zero-order valence-electron chi connectivity index (χ0n) is 15.9. The number of anilines is 1. The Bertz CT molecular complexity index is 1020. The lowest BCUT2D eigenvalue weighted by Crippen LogP contribution is -2.40. The molecule has 0 spiro atoms. The standard InChI is InChI=1S/C19H21N5O4S/c1-28-15-4-2-13(3-5-15)12-20-17(25)14-6-8-22(9-7-14)16-18(24(26)27)23-10-11-29-19(23)21-16/h2-5,10-11,14H,6-9,12H2,1H3,(H,20,25). The first-order valence-corrected chi connectivity index (χ1v) is 10.2. The number of ether oxygens (including phenoxy) is 1. The van der Waals surface area contributed by atoms with E-state index in [4.69, 9.17) is 4.74 Å². The average molecular weight is 415 g/mol. The molecule has 1 amide bonds. The molecule has 2 aromatic heterocycles. The van der Waals surface area contributed by atoms with E-state index in [1.165, 1.54) is 15.7 Å². The Balaban J connectivity index is 1.35. The van der Waals surface area contributed by atoms with Crippen molar-refractivity contribution >= 4 is 33.8 Å². The van der Waals surface area contributed by atoms with E-state index in [1.54, 1.807) is 18.7 Å². The fraction of sp³-hybridized carbons (Fsp3) is 0.368. The molecule has 0 saturated carbocycles. The Morgan fingerprint density at radius 3 is 2.72 bits per heavy atom. The van der Waals surface area contributed by atoms with Crippen molar-refractivity contribution in [2.24, 2.45) is 5.92 Å². The van der Waals surface area contributed by atoms with Crippen LogP contribution in [0.3, 0.4) is 0 Å². The Hall–Kier alpha value is -3.14. The maximum Gasteiger partial charge on any atom is 0.373 e. The van der Waals surface area contributed by atoms with E-state index < -0.39 is 4.92 Å². The van der Waals surface area contributed by atoms with E-state index in [2.05, 4.69) is 10.3 Å². The second-order valence-electron chi connectivity index (χ2n) is 6.90. The summed E-state index contributed by atoms with van der Waals surface area (Å²) in [5, 5.41) is 16.3. The number of carbonyl (C=O) groups is 1. The van der Waals surface area contributed by atoms with Crippen molar-refractivity contribution in [3.05, 3.63) is 51.5 Å². The minimum absolute atomic E-state index is 0.0105.